The van der Waals surface area contributed by atoms with Gasteiger partial charge in [-0.2, -0.15) is 10.2 Å². The van der Waals surface area contributed by atoms with Crippen molar-refractivity contribution in [3.05, 3.63) is 59.3 Å². The third kappa shape index (κ3) is 4.95. The quantitative estimate of drug-likeness (QED) is 0.599. The molecule has 2 amide bonds. The average molecular weight is 465 g/mol. The van der Waals surface area contributed by atoms with E-state index in [1.807, 2.05) is 35.2 Å². The SMILES string of the molecule is O=C(Nc1ccc(OC2CCN(C(=O)c3cscn3)CC2)cc1)C1CN(c2ccnnc2)C1. The predicted octanol–water partition coefficient (Wildman–Crippen LogP) is 2.69. The summed E-state index contributed by atoms with van der Waals surface area (Å²) in [6.07, 6.45) is 4.97. The summed E-state index contributed by atoms with van der Waals surface area (Å²) in [5, 5.41) is 12.4. The lowest BCUT2D eigenvalue weighted by atomic mass is 9.98. The molecule has 2 aliphatic heterocycles. The Morgan fingerprint density at radius 3 is 2.52 bits per heavy atom. The van der Waals surface area contributed by atoms with Crippen LogP contribution in [0.3, 0.4) is 0 Å². The fourth-order valence-corrected chi connectivity index (χ4v) is 4.56. The number of nitrogens with zero attached hydrogens (tertiary/aromatic N) is 5. The average Bonchev–Trinajstić information content (AvgIpc) is 3.35. The van der Waals surface area contributed by atoms with Crippen LogP contribution in [0.4, 0.5) is 11.4 Å². The number of nitrogens with one attached hydrogen (secondary N) is 1. The minimum atomic E-state index is -0.0498. The number of ether oxygens (including phenoxy) is 1. The lowest BCUT2D eigenvalue weighted by Crippen LogP contribution is -2.52. The van der Waals surface area contributed by atoms with Gasteiger partial charge in [-0.25, -0.2) is 4.98 Å². The molecule has 0 bridgehead atoms. The highest BCUT2D eigenvalue weighted by atomic mass is 32.1. The van der Waals surface area contributed by atoms with Gasteiger partial charge in [-0.1, -0.05) is 0 Å². The van der Waals surface area contributed by atoms with Crippen LogP contribution in [0, 0.1) is 5.92 Å². The molecule has 3 aromatic rings. The maximum atomic E-state index is 12.5. The molecule has 1 N–H and O–H groups in total. The number of thiazole rings is 1. The molecule has 2 aliphatic rings. The number of hydrogen-bond acceptors (Lipinski definition) is 8. The number of carbonyl (C=O) groups is 2. The van der Waals surface area contributed by atoms with Gasteiger partial charge in [-0.15, -0.1) is 11.3 Å². The van der Waals surface area contributed by atoms with Crippen molar-refractivity contribution in [3.63, 3.8) is 0 Å². The Hall–Kier alpha value is -3.53. The number of benzene rings is 1. The van der Waals surface area contributed by atoms with Gasteiger partial charge in [-0.05, 0) is 30.3 Å². The molecular formula is C23H24N6O3S. The van der Waals surface area contributed by atoms with Gasteiger partial charge in [-0.3, -0.25) is 9.59 Å². The summed E-state index contributed by atoms with van der Waals surface area (Å²) in [4.78, 5) is 33.0. The molecule has 0 radical (unpaired) electrons. The molecule has 0 spiro atoms. The molecule has 2 fully saturated rings. The number of piperidine rings is 1. The second-order valence-electron chi connectivity index (χ2n) is 8.20. The van der Waals surface area contributed by atoms with Crippen molar-refractivity contribution in [1.29, 1.82) is 0 Å². The number of rotatable bonds is 6. The molecule has 0 atom stereocenters. The van der Waals surface area contributed by atoms with Gasteiger partial charge in [0.15, 0.2) is 0 Å². The highest BCUT2D eigenvalue weighted by Crippen LogP contribution is 2.26. The van der Waals surface area contributed by atoms with Gasteiger partial charge in [0, 0.05) is 50.1 Å². The van der Waals surface area contributed by atoms with Crippen molar-refractivity contribution in [2.45, 2.75) is 18.9 Å². The Kier molecular flexibility index (Phi) is 6.16. The zero-order valence-electron chi connectivity index (χ0n) is 18.0. The molecule has 4 heterocycles. The molecule has 0 saturated carbocycles. The normalized spacial score (nSPS) is 16.8. The van der Waals surface area contributed by atoms with Crippen molar-refractivity contribution in [1.82, 2.24) is 20.1 Å². The number of carbonyl (C=O) groups excluding carboxylic acids is 2. The molecule has 0 unspecified atom stereocenters. The molecular weight excluding hydrogens is 440 g/mol. The summed E-state index contributed by atoms with van der Waals surface area (Å²) in [7, 11) is 0. The lowest BCUT2D eigenvalue weighted by molar-refractivity contribution is -0.120. The van der Waals surface area contributed by atoms with E-state index in [0.29, 0.717) is 31.9 Å². The third-order valence-corrected chi connectivity index (χ3v) is 6.58. The molecule has 2 saturated heterocycles. The van der Waals surface area contributed by atoms with E-state index in [9.17, 15) is 9.59 Å². The summed E-state index contributed by atoms with van der Waals surface area (Å²) in [5.41, 5.74) is 3.92. The summed E-state index contributed by atoms with van der Waals surface area (Å²) in [6, 6.07) is 9.35. The van der Waals surface area contributed by atoms with Crippen LogP contribution in [-0.4, -0.2) is 64.2 Å². The van der Waals surface area contributed by atoms with E-state index in [-0.39, 0.29) is 23.8 Å². The number of aromatic nitrogens is 3. The van der Waals surface area contributed by atoms with Crippen molar-refractivity contribution >= 4 is 34.5 Å². The fourth-order valence-electron chi connectivity index (χ4n) is 4.04. The maximum absolute atomic E-state index is 12.5. The zero-order chi connectivity index (χ0) is 22.6. The molecule has 1 aromatic carbocycles. The molecule has 9 nitrogen and oxygen atoms in total. The first kappa shape index (κ1) is 21.3. The van der Waals surface area contributed by atoms with E-state index in [1.54, 1.807) is 23.3 Å². The smallest absolute Gasteiger partial charge is 0.273 e. The molecule has 2 aromatic heterocycles. The summed E-state index contributed by atoms with van der Waals surface area (Å²) < 4.78 is 6.09. The van der Waals surface area contributed by atoms with E-state index in [4.69, 9.17) is 4.74 Å². The first-order chi connectivity index (χ1) is 16.2. The minimum Gasteiger partial charge on any atom is -0.490 e. The number of anilines is 2. The van der Waals surface area contributed by atoms with E-state index in [2.05, 4.69) is 25.4 Å². The Morgan fingerprint density at radius 1 is 1.06 bits per heavy atom. The zero-order valence-corrected chi connectivity index (χ0v) is 18.8. The van der Waals surface area contributed by atoms with Crippen molar-refractivity contribution in [2.24, 2.45) is 5.92 Å². The second kappa shape index (κ2) is 9.53. The van der Waals surface area contributed by atoms with Crippen LogP contribution in [0.2, 0.25) is 0 Å². The van der Waals surface area contributed by atoms with E-state index >= 15 is 0 Å². The molecule has 0 aliphatic carbocycles. The topological polar surface area (TPSA) is 101 Å². The first-order valence-electron chi connectivity index (χ1n) is 10.9. The highest BCUT2D eigenvalue weighted by molar-refractivity contribution is 7.07. The van der Waals surface area contributed by atoms with Crippen LogP contribution in [0.5, 0.6) is 5.75 Å². The maximum Gasteiger partial charge on any atom is 0.273 e. The Balaban J connectivity index is 1.06. The number of amides is 2. The van der Waals surface area contributed by atoms with Crippen molar-refractivity contribution in [3.8, 4) is 5.75 Å². The van der Waals surface area contributed by atoms with E-state index in [0.717, 1.165) is 30.0 Å². The van der Waals surface area contributed by atoms with Gasteiger partial charge >= 0.3 is 0 Å². The molecule has 170 valence electrons. The van der Waals surface area contributed by atoms with Gasteiger partial charge in [0.25, 0.3) is 5.91 Å². The van der Waals surface area contributed by atoms with Crippen molar-refractivity contribution < 1.29 is 14.3 Å². The standard InChI is InChI=1S/C23H24N6O3S/c30-22(16-12-29(13-16)18-5-8-25-26-11-18)27-17-1-3-19(4-2-17)32-20-6-9-28(10-7-20)23(31)21-14-33-15-24-21/h1-5,8,11,14-16,20H,6-7,9-10,12-13H2,(H,27,30). The predicted molar refractivity (Wildman–Crippen MR) is 124 cm³/mol. The largest absolute Gasteiger partial charge is 0.490 e. The van der Waals surface area contributed by atoms with Crippen LogP contribution in [0.1, 0.15) is 23.3 Å². The number of likely N-dealkylation sites (tertiary alicyclic amines) is 1. The van der Waals surface area contributed by atoms with Crippen LogP contribution < -0.4 is 15.0 Å². The lowest BCUT2D eigenvalue weighted by Gasteiger charge is -2.39. The molecule has 10 heteroatoms. The van der Waals surface area contributed by atoms with E-state index in [1.165, 1.54) is 11.3 Å². The number of hydrogen-bond donors (Lipinski definition) is 1. The van der Waals surface area contributed by atoms with Gasteiger partial charge < -0.3 is 19.9 Å². The van der Waals surface area contributed by atoms with Crippen LogP contribution in [0.25, 0.3) is 0 Å². The van der Waals surface area contributed by atoms with Crippen molar-refractivity contribution in [2.75, 3.05) is 36.4 Å². The molecule has 33 heavy (non-hydrogen) atoms. The van der Waals surface area contributed by atoms with Crippen LogP contribution in [-0.2, 0) is 4.79 Å². The van der Waals surface area contributed by atoms with Crippen LogP contribution >= 0.6 is 11.3 Å². The first-order valence-corrected chi connectivity index (χ1v) is 11.9. The minimum absolute atomic E-state index is 0.0122. The van der Waals surface area contributed by atoms with Crippen LogP contribution in [0.15, 0.2) is 53.6 Å². The van der Waals surface area contributed by atoms with Gasteiger partial charge in [0.2, 0.25) is 5.91 Å². The summed E-state index contributed by atoms with van der Waals surface area (Å²) in [5.74, 6) is 0.712. The Morgan fingerprint density at radius 2 is 1.85 bits per heavy atom. The Labute approximate surface area is 195 Å². The van der Waals surface area contributed by atoms with E-state index < -0.39 is 0 Å². The summed E-state index contributed by atoms with van der Waals surface area (Å²) >= 11 is 1.43. The van der Waals surface area contributed by atoms with Gasteiger partial charge in [0.05, 0.1) is 29.5 Å². The fraction of sp³-hybridized carbons (Fsp3) is 0.348. The van der Waals surface area contributed by atoms with Gasteiger partial charge in [0.1, 0.15) is 17.5 Å². The third-order valence-electron chi connectivity index (χ3n) is 5.99. The monoisotopic (exact) mass is 464 g/mol. The molecule has 5 rings (SSSR count). The highest BCUT2D eigenvalue weighted by Gasteiger charge is 2.33. The summed E-state index contributed by atoms with van der Waals surface area (Å²) in [6.45, 7) is 2.65. The second-order valence-corrected chi connectivity index (χ2v) is 8.92. The Bertz CT molecular complexity index is 1080.